The Bertz CT molecular complexity index is 31.9. The summed E-state index contributed by atoms with van der Waals surface area (Å²) in [5, 5.41) is 7.94. The first-order valence-electron chi connectivity index (χ1n) is 1.33. The van der Waals surface area contributed by atoms with E-state index in [9.17, 15) is 0 Å². The summed E-state index contributed by atoms with van der Waals surface area (Å²) in [6, 6.07) is 0. The van der Waals surface area contributed by atoms with E-state index in [-0.39, 0.29) is 0 Å². The molecule has 0 radical (unpaired) electrons. The first kappa shape index (κ1) is 4.54. The molecule has 0 amide bonds. The van der Waals surface area contributed by atoms with Crippen molar-refractivity contribution < 1.29 is 9.90 Å². The van der Waals surface area contributed by atoms with E-state index in [4.69, 9.17) is 9.90 Å². The third kappa shape index (κ3) is 3.54. The van der Waals surface area contributed by atoms with E-state index in [0.717, 1.165) is 0 Å². The first-order valence-corrected chi connectivity index (χ1v) is 1.33. The lowest BCUT2D eigenvalue weighted by Gasteiger charge is -1.62. The van der Waals surface area contributed by atoms with Gasteiger partial charge < -0.3 is 5.11 Å². The molecule has 2 heteroatoms. The van der Waals surface area contributed by atoms with Crippen molar-refractivity contribution >= 4 is 6.29 Å². The van der Waals surface area contributed by atoms with Crippen LogP contribution in [0.1, 0.15) is 6.92 Å². The van der Waals surface area contributed by atoms with Crippen LogP contribution in [0, 0.1) is 0 Å². The fourth-order valence-electron chi connectivity index (χ4n) is 0. The number of hydrogen-bond donors (Lipinski definition) is 1. The smallest absolute Gasteiger partial charge is 0.342 e. The van der Waals surface area contributed by atoms with Crippen LogP contribution in [-0.4, -0.2) is 17.5 Å². The molecule has 0 saturated carbocycles. The molecule has 1 unspecified atom stereocenters. The molecule has 0 aliphatic carbocycles. The summed E-state index contributed by atoms with van der Waals surface area (Å²) in [7, 11) is 0. The molecule has 0 aliphatic rings. The minimum Gasteiger partial charge on any atom is -0.342 e. The molecule has 0 rings (SSSR count). The van der Waals surface area contributed by atoms with Crippen LogP contribution in [0.5, 0.6) is 0 Å². The molecule has 1 atom stereocenters. The van der Waals surface area contributed by atoms with Gasteiger partial charge in [0.1, 0.15) is 0 Å². The molecule has 0 aromatic rings. The summed E-state index contributed by atoms with van der Waals surface area (Å²) in [5.41, 5.74) is 0. The standard InChI is InChI=1S/C3H5O2/c1-3(5)2-4/h3,5H,1H3/q+1. The lowest BCUT2D eigenvalue weighted by Crippen LogP contribution is -1.97. The Morgan fingerprint density at radius 3 is 2.20 bits per heavy atom. The van der Waals surface area contributed by atoms with Crippen molar-refractivity contribution in [1.82, 2.24) is 0 Å². The average molecular weight is 73.1 g/mol. The van der Waals surface area contributed by atoms with E-state index in [1.807, 2.05) is 0 Å². The van der Waals surface area contributed by atoms with Gasteiger partial charge in [0.25, 0.3) is 0 Å². The van der Waals surface area contributed by atoms with Crippen LogP contribution in [-0.2, 0) is 4.79 Å². The Morgan fingerprint density at radius 1 is 2.00 bits per heavy atom. The van der Waals surface area contributed by atoms with Gasteiger partial charge in [0.2, 0.25) is 0 Å². The third-order valence-electron chi connectivity index (χ3n) is 0.171. The van der Waals surface area contributed by atoms with Crippen molar-refractivity contribution in [1.29, 1.82) is 0 Å². The Balaban J connectivity index is 2.83. The van der Waals surface area contributed by atoms with Crippen LogP contribution in [0.4, 0.5) is 0 Å². The molecule has 0 heterocycles. The zero-order valence-electron chi connectivity index (χ0n) is 2.93. The molecule has 0 aromatic carbocycles. The Labute approximate surface area is 30.4 Å². The molecule has 0 fully saturated rings. The highest BCUT2D eigenvalue weighted by molar-refractivity contribution is 5.55. The van der Waals surface area contributed by atoms with Gasteiger partial charge in [-0.3, -0.25) is 0 Å². The van der Waals surface area contributed by atoms with E-state index in [1.165, 1.54) is 13.2 Å². The highest BCUT2D eigenvalue weighted by Gasteiger charge is 2.04. The minimum absolute atomic E-state index is 0.921. The van der Waals surface area contributed by atoms with Gasteiger partial charge in [-0.2, -0.15) is 0 Å². The van der Waals surface area contributed by atoms with Crippen LogP contribution in [0.15, 0.2) is 0 Å². The molecule has 0 aliphatic heterocycles. The van der Waals surface area contributed by atoms with Crippen LogP contribution in [0.3, 0.4) is 0 Å². The van der Waals surface area contributed by atoms with Gasteiger partial charge >= 0.3 is 12.4 Å². The zero-order chi connectivity index (χ0) is 4.28. The molecule has 2 nitrogen and oxygen atoms in total. The molecular formula is C3H5O2+. The number of aliphatic hydroxyl groups is 1. The summed E-state index contributed by atoms with van der Waals surface area (Å²) in [5.74, 6) is 0. The maximum atomic E-state index is 9.13. The highest BCUT2D eigenvalue weighted by Crippen LogP contribution is 1.62. The van der Waals surface area contributed by atoms with Gasteiger partial charge in [-0.05, 0) is 0 Å². The Hall–Kier alpha value is -0.460. The van der Waals surface area contributed by atoms with E-state index in [2.05, 4.69) is 0 Å². The zero-order valence-corrected chi connectivity index (χ0v) is 2.93. The van der Waals surface area contributed by atoms with E-state index in [1.54, 1.807) is 0 Å². The van der Waals surface area contributed by atoms with Gasteiger partial charge in [-0.25, -0.2) is 0 Å². The fraction of sp³-hybridized carbons (Fsp3) is 0.667. The fourth-order valence-corrected chi connectivity index (χ4v) is 0. The van der Waals surface area contributed by atoms with E-state index in [0.29, 0.717) is 0 Å². The molecule has 28 valence electrons. The summed E-state index contributed by atoms with van der Waals surface area (Å²) >= 11 is 0. The lowest BCUT2D eigenvalue weighted by molar-refractivity contribution is 0.254. The van der Waals surface area contributed by atoms with Gasteiger partial charge in [0.05, 0.1) is 0 Å². The maximum Gasteiger partial charge on any atom is 0.540 e. The normalized spacial score (nSPS) is 13.2. The van der Waals surface area contributed by atoms with Crippen molar-refractivity contribution in [3.05, 3.63) is 0 Å². The lowest BCUT2D eigenvalue weighted by atomic mass is 10.5. The summed E-state index contributed by atoms with van der Waals surface area (Å²) in [6.45, 7) is 1.35. The molecule has 0 aromatic heterocycles. The first-order chi connectivity index (χ1) is 2.27. The molecular weight excluding hydrogens is 68.0 g/mol. The second-order valence-corrected chi connectivity index (χ2v) is 0.794. The van der Waals surface area contributed by atoms with Crippen molar-refractivity contribution in [3.8, 4) is 0 Å². The Kier molecular flexibility index (Phi) is 1.65. The van der Waals surface area contributed by atoms with Gasteiger partial charge in [0.15, 0.2) is 0 Å². The van der Waals surface area contributed by atoms with Crippen LogP contribution in [0.2, 0.25) is 0 Å². The van der Waals surface area contributed by atoms with E-state index < -0.39 is 6.10 Å². The van der Waals surface area contributed by atoms with Gasteiger partial charge in [0, 0.05) is 11.7 Å². The van der Waals surface area contributed by atoms with Gasteiger partial charge in [-0.1, -0.05) is 0 Å². The molecule has 0 spiro atoms. The van der Waals surface area contributed by atoms with Crippen LogP contribution < -0.4 is 0 Å². The van der Waals surface area contributed by atoms with Crippen LogP contribution in [0.25, 0.3) is 0 Å². The van der Waals surface area contributed by atoms with Gasteiger partial charge in [-0.15, -0.1) is 0 Å². The largest absolute Gasteiger partial charge is 0.540 e. The van der Waals surface area contributed by atoms with E-state index >= 15 is 0 Å². The number of rotatable bonds is 1. The monoisotopic (exact) mass is 73.0 g/mol. The topological polar surface area (TPSA) is 37.3 Å². The molecule has 0 bridgehead atoms. The summed E-state index contributed by atoms with van der Waals surface area (Å²) in [6.07, 6.45) is 0.412. The SMILES string of the molecule is CC(O)[C+]=O. The maximum absolute atomic E-state index is 9.13. The second-order valence-electron chi connectivity index (χ2n) is 0.794. The van der Waals surface area contributed by atoms with Crippen molar-refractivity contribution in [2.75, 3.05) is 0 Å². The van der Waals surface area contributed by atoms with Crippen molar-refractivity contribution in [2.45, 2.75) is 13.0 Å². The van der Waals surface area contributed by atoms with Crippen molar-refractivity contribution in [2.24, 2.45) is 0 Å². The Morgan fingerprint density at radius 2 is 2.20 bits per heavy atom. The molecule has 5 heavy (non-hydrogen) atoms. The quantitative estimate of drug-likeness (QED) is 0.424. The van der Waals surface area contributed by atoms with Crippen molar-refractivity contribution in [3.63, 3.8) is 0 Å². The number of carbonyl (C=O) groups excluding carboxylic acids is 1. The average Bonchev–Trinajstić information content (AvgIpc) is 1.38. The minimum atomic E-state index is -0.921. The predicted octanol–water partition coefficient (Wildman–Crippen LogP) is -0.523. The number of hydrogen-bond acceptors (Lipinski definition) is 2. The molecule has 0 saturated heterocycles. The summed E-state index contributed by atoms with van der Waals surface area (Å²) < 4.78 is 0. The predicted molar refractivity (Wildman–Crippen MR) is 17.4 cm³/mol. The molecule has 1 N–H and O–H groups in total. The highest BCUT2D eigenvalue weighted by atomic mass is 16.3. The third-order valence-corrected chi connectivity index (χ3v) is 0.171. The number of aliphatic hydroxyl groups excluding tert-OH is 1. The summed E-state index contributed by atoms with van der Waals surface area (Å²) in [4.78, 5) is 9.13. The second kappa shape index (κ2) is 1.82. The van der Waals surface area contributed by atoms with Crippen LogP contribution >= 0.6 is 0 Å².